The molecular weight excluding hydrogens is 356 g/mol. The summed E-state index contributed by atoms with van der Waals surface area (Å²) < 4.78 is 15.0. The van der Waals surface area contributed by atoms with Gasteiger partial charge in [0, 0.05) is 38.0 Å². The van der Waals surface area contributed by atoms with E-state index in [4.69, 9.17) is 9.47 Å². The van der Waals surface area contributed by atoms with Gasteiger partial charge in [0.2, 0.25) is 0 Å². The van der Waals surface area contributed by atoms with Crippen molar-refractivity contribution in [2.24, 2.45) is 7.05 Å². The number of nitrogens with zero attached hydrogens (tertiary/aromatic N) is 3. The number of amides is 1. The molecule has 2 aromatic heterocycles. The summed E-state index contributed by atoms with van der Waals surface area (Å²) in [4.78, 5) is 16.6. The Morgan fingerprint density at radius 2 is 2.07 bits per heavy atom. The fourth-order valence-electron chi connectivity index (χ4n) is 3.26. The Morgan fingerprint density at radius 1 is 1.18 bits per heavy atom. The molecule has 1 amide bonds. The number of imidazole rings is 1. The number of anilines is 1. The minimum absolute atomic E-state index is 0.0668. The highest BCUT2D eigenvalue weighted by Gasteiger charge is 2.10. The fourth-order valence-corrected chi connectivity index (χ4v) is 3.26. The van der Waals surface area contributed by atoms with E-state index in [1.165, 1.54) is 0 Å². The lowest BCUT2D eigenvalue weighted by Crippen LogP contribution is -2.20. The van der Waals surface area contributed by atoms with Crippen LogP contribution in [-0.4, -0.2) is 40.3 Å². The van der Waals surface area contributed by atoms with Crippen LogP contribution >= 0.6 is 0 Å². The average Bonchev–Trinajstić information content (AvgIpc) is 3.28. The molecule has 0 aliphatic carbocycles. The van der Waals surface area contributed by atoms with Gasteiger partial charge in [0.05, 0.1) is 29.5 Å². The van der Waals surface area contributed by atoms with Gasteiger partial charge in [-0.2, -0.15) is 0 Å². The number of nitrogens with one attached hydrogen (secondary N) is 1. The van der Waals surface area contributed by atoms with Gasteiger partial charge in [0.1, 0.15) is 5.75 Å². The number of aryl methyl sites for hydroxylation is 1. The van der Waals surface area contributed by atoms with Crippen LogP contribution in [0.2, 0.25) is 0 Å². The topological polar surface area (TPSA) is 70.3 Å². The third-order valence-electron chi connectivity index (χ3n) is 4.68. The monoisotopic (exact) mass is 378 g/mol. The third-order valence-corrected chi connectivity index (χ3v) is 4.68. The number of carbonyl (C=O) groups excluding carboxylic acids is 1. The number of carbonyl (C=O) groups is 1. The molecule has 7 nitrogen and oxygen atoms in total. The SMILES string of the molecule is COCCn1ccc2c(OCC(=O)Nc3ccc4c(c3)ncn4C)cccc21. The van der Waals surface area contributed by atoms with E-state index in [1.807, 2.05) is 60.3 Å². The first kappa shape index (κ1) is 18.1. The molecule has 0 fully saturated rings. The lowest BCUT2D eigenvalue weighted by molar-refractivity contribution is -0.118. The average molecular weight is 378 g/mol. The van der Waals surface area contributed by atoms with E-state index in [2.05, 4.69) is 14.9 Å². The lowest BCUT2D eigenvalue weighted by Gasteiger charge is -2.10. The Bertz CT molecular complexity index is 1130. The Kier molecular flexibility index (Phi) is 4.99. The van der Waals surface area contributed by atoms with Crippen molar-refractivity contribution in [2.75, 3.05) is 25.6 Å². The quantitative estimate of drug-likeness (QED) is 0.536. The molecule has 0 unspecified atom stereocenters. The van der Waals surface area contributed by atoms with Gasteiger partial charge in [-0.3, -0.25) is 4.79 Å². The maximum Gasteiger partial charge on any atom is 0.262 e. The van der Waals surface area contributed by atoms with Gasteiger partial charge in [-0.15, -0.1) is 0 Å². The normalized spacial score (nSPS) is 11.2. The van der Waals surface area contributed by atoms with Gasteiger partial charge in [0.15, 0.2) is 6.61 Å². The van der Waals surface area contributed by atoms with Crippen LogP contribution in [-0.2, 0) is 23.1 Å². The Hall–Kier alpha value is -3.32. The lowest BCUT2D eigenvalue weighted by atomic mass is 10.2. The highest BCUT2D eigenvalue weighted by atomic mass is 16.5. The maximum atomic E-state index is 12.3. The van der Waals surface area contributed by atoms with E-state index in [9.17, 15) is 4.79 Å². The number of ether oxygens (including phenoxy) is 2. The second-order valence-electron chi connectivity index (χ2n) is 6.59. The van der Waals surface area contributed by atoms with Crippen molar-refractivity contribution in [1.29, 1.82) is 0 Å². The molecule has 7 heteroatoms. The summed E-state index contributed by atoms with van der Waals surface area (Å²) in [6.45, 7) is 1.33. The Morgan fingerprint density at radius 3 is 2.93 bits per heavy atom. The standard InChI is InChI=1S/C21H22N4O3/c1-24-14-22-17-12-15(6-7-19(17)24)23-21(26)13-28-20-5-3-4-18-16(20)8-9-25(18)10-11-27-2/h3-9,12,14H,10-11,13H2,1-2H3,(H,23,26). The highest BCUT2D eigenvalue weighted by molar-refractivity contribution is 5.94. The van der Waals surface area contributed by atoms with Crippen LogP contribution in [0.3, 0.4) is 0 Å². The van der Waals surface area contributed by atoms with Crippen molar-refractivity contribution in [3.05, 3.63) is 55.0 Å². The molecule has 0 bridgehead atoms. The number of benzene rings is 2. The Labute approximate surface area is 162 Å². The predicted octanol–water partition coefficient (Wildman–Crippen LogP) is 3.19. The summed E-state index contributed by atoms with van der Waals surface area (Å²) in [5.74, 6) is 0.468. The largest absolute Gasteiger partial charge is 0.483 e. The van der Waals surface area contributed by atoms with Gasteiger partial charge in [-0.25, -0.2) is 4.98 Å². The van der Waals surface area contributed by atoms with Crippen LogP contribution in [0, 0.1) is 0 Å². The van der Waals surface area contributed by atoms with Gasteiger partial charge in [-0.05, 0) is 36.4 Å². The van der Waals surface area contributed by atoms with Crippen LogP contribution in [0.15, 0.2) is 55.0 Å². The minimum Gasteiger partial charge on any atom is -0.483 e. The first-order valence-corrected chi connectivity index (χ1v) is 9.06. The molecule has 1 N–H and O–H groups in total. The van der Waals surface area contributed by atoms with Gasteiger partial charge >= 0.3 is 0 Å². The summed E-state index contributed by atoms with van der Waals surface area (Å²) in [7, 11) is 3.62. The summed E-state index contributed by atoms with van der Waals surface area (Å²) in [5, 5.41) is 3.83. The van der Waals surface area contributed by atoms with E-state index >= 15 is 0 Å². The van der Waals surface area contributed by atoms with Crippen molar-refractivity contribution in [3.63, 3.8) is 0 Å². The van der Waals surface area contributed by atoms with Gasteiger partial charge in [-0.1, -0.05) is 6.07 Å². The predicted molar refractivity (Wildman–Crippen MR) is 109 cm³/mol. The number of hydrogen-bond donors (Lipinski definition) is 1. The van der Waals surface area contributed by atoms with Crippen molar-refractivity contribution in [3.8, 4) is 5.75 Å². The minimum atomic E-state index is -0.217. The van der Waals surface area contributed by atoms with E-state index < -0.39 is 0 Å². The molecule has 0 spiro atoms. The zero-order chi connectivity index (χ0) is 19.5. The molecule has 4 aromatic rings. The van der Waals surface area contributed by atoms with E-state index in [0.29, 0.717) is 18.0 Å². The van der Waals surface area contributed by atoms with Crippen molar-refractivity contribution in [1.82, 2.24) is 14.1 Å². The number of fused-ring (bicyclic) bond motifs is 2. The molecule has 0 radical (unpaired) electrons. The highest BCUT2D eigenvalue weighted by Crippen LogP contribution is 2.26. The Balaban J connectivity index is 1.43. The molecule has 0 atom stereocenters. The van der Waals surface area contributed by atoms with Crippen LogP contribution in [0.25, 0.3) is 21.9 Å². The zero-order valence-electron chi connectivity index (χ0n) is 15.9. The molecule has 0 aliphatic heterocycles. The van der Waals surface area contributed by atoms with Crippen LogP contribution in [0.1, 0.15) is 0 Å². The number of methoxy groups -OCH3 is 1. The molecule has 4 rings (SSSR count). The zero-order valence-corrected chi connectivity index (χ0v) is 15.9. The number of rotatable bonds is 7. The van der Waals surface area contributed by atoms with E-state index in [1.54, 1.807) is 13.4 Å². The second-order valence-corrected chi connectivity index (χ2v) is 6.59. The first-order chi connectivity index (χ1) is 13.7. The molecule has 0 saturated carbocycles. The van der Waals surface area contributed by atoms with Crippen LogP contribution in [0.5, 0.6) is 5.75 Å². The first-order valence-electron chi connectivity index (χ1n) is 9.06. The molecule has 0 aliphatic rings. The van der Waals surface area contributed by atoms with E-state index in [-0.39, 0.29) is 12.5 Å². The molecule has 144 valence electrons. The van der Waals surface area contributed by atoms with Crippen LogP contribution in [0.4, 0.5) is 5.69 Å². The molecule has 2 heterocycles. The second kappa shape index (κ2) is 7.74. The van der Waals surface area contributed by atoms with Crippen molar-refractivity contribution < 1.29 is 14.3 Å². The smallest absolute Gasteiger partial charge is 0.262 e. The molecule has 28 heavy (non-hydrogen) atoms. The summed E-state index contributed by atoms with van der Waals surface area (Å²) in [6, 6.07) is 13.5. The summed E-state index contributed by atoms with van der Waals surface area (Å²) >= 11 is 0. The van der Waals surface area contributed by atoms with Gasteiger partial charge in [0.25, 0.3) is 5.91 Å². The molecule has 2 aromatic carbocycles. The van der Waals surface area contributed by atoms with Crippen molar-refractivity contribution in [2.45, 2.75) is 6.54 Å². The third kappa shape index (κ3) is 3.57. The van der Waals surface area contributed by atoms with Crippen LogP contribution < -0.4 is 10.1 Å². The molecule has 0 saturated heterocycles. The van der Waals surface area contributed by atoms with E-state index in [0.717, 1.165) is 28.5 Å². The number of hydrogen-bond acceptors (Lipinski definition) is 4. The molecular formula is C21H22N4O3. The summed E-state index contributed by atoms with van der Waals surface area (Å²) in [5.41, 5.74) is 3.60. The maximum absolute atomic E-state index is 12.3. The number of aromatic nitrogens is 3. The van der Waals surface area contributed by atoms with Gasteiger partial charge < -0.3 is 23.9 Å². The fraction of sp³-hybridized carbons (Fsp3) is 0.238. The summed E-state index contributed by atoms with van der Waals surface area (Å²) in [6.07, 6.45) is 3.75. The van der Waals surface area contributed by atoms with Crippen molar-refractivity contribution >= 4 is 33.5 Å².